The van der Waals surface area contributed by atoms with E-state index in [-0.39, 0.29) is 11.8 Å². The average molecular weight is 277 g/mol. The van der Waals surface area contributed by atoms with Crippen LogP contribution in [0.1, 0.15) is 38.1 Å². The van der Waals surface area contributed by atoms with Crippen molar-refractivity contribution < 1.29 is 9.59 Å². The molecule has 0 heterocycles. The van der Waals surface area contributed by atoms with Crippen molar-refractivity contribution >= 4 is 17.5 Å². The molecular weight excluding hydrogens is 254 g/mol. The molecule has 1 rings (SSSR count). The van der Waals surface area contributed by atoms with Crippen LogP contribution in [-0.4, -0.2) is 24.4 Å². The van der Waals surface area contributed by atoms with E-state index in [1.54, 1.807) is 45.2 Å². The quantitative estimate of drug-likeness (QED) is 0.784. The summed E-state index contributed by atoms with van der Waals surface area (Å²) in [5.41, 5.74) is 5.72. The topological polar surface area (TPSA) is 84.2 Å². The Morgan fingerprint density at radius 2 is 1.75 bits per heavy atom. The lowest BCUT2D eigenvalue weighted by Crippen LogP contribution is -2.53. The van der Waals surface area contributed by atoms with Gasteiger partial charge in [-0.3, -0.25) is 9.59 Å². The molecule has 0 saturated carbocycles. The van der Waals surface area contributed by atoms with Gasteiger partial charge in [-0.1, -0.05) is 6.07 Å². The molecule has 0 aliphatic carbocycles. The molecule has 20 heavy (non-hydrogen) atoms. The molecule has 110 valence electrons. The van der Waals surface area contributed by atoms with Crippen molar-refractivity contribution in [2.75, 3.05) is 12.4 Å². The predicted molar refractivity (Wildman–Crippen MR) is 80.5 cm³/mol. The van der Waals surface area contributed by atoms with E-state index in [4.69, 9.17) is 5.73 Å². The fraction of sp³-hybridized carbons (Fsp3) is 0.467. The molecule has 4 N–H and O–H groups in total. The summed E-state index contributed by atoms with van der Waals surface area (Å²) in [4.78, 5) is 23.9. The monoisotopic (exact) mass is 277 g/mol. The van der Waals surface area contributed by atoms with Crippen LogP contribution in [-0.2, 0) is 4.79 Å². The zero-order valence-corrected chi connectivity index (χ0v) is 12.7. The zero-order valence-electron chi connectivity index (χ0n) is 12.7. The number of hydrogen-bond donors (Lipinski definition) is 3. The van der Waals surface area contributed by atoms with Gasteiger partial charge in [0.25, 0.3) is 5.91 Å². The Kier molecular flexibility index (Phi) is 4.55. The maximum Gasteiger partial charge on any atom is 0.251 e. The summed E-state index contributed by atoms with van der Waals surface area (Å²) in [7, 11) is 1.56. The average Bonchev–Trinajstić information content (AvgIpc) is 2.36. The van der Waals surface area contributed by atoms with Gasteiger partial charge in [0, 0.05) is 23.8 Å². The highest BCUT2D eigenvalue weighted by Crippen LogP contribution is 2.29. The third kappa shape index (κ3) is 3.36. The van der Waals surface area contributed by atoms with E-state index in [0.717, 1.165) is 0 Å². The molecular formula is C15H23N3O2. The van der Waals surface area contributed by atoms with Crippen LogP contribution in [0.4, 0.5) is 5.69 Å². The van der Waals surface area contributed by atoms with Crippen molar-refractivity contribution in [3.05, 3.63) is 29.8 Å². The van der Waals surface area contributed by atoms with E-state index in [1.165, 1.54) is 0 Å². The summed E-state index contributed by atoms with van der Waals surface area (Å²) in [5, 5.41) is 5.35. The molecule has 0 bridgehead atoms. The first kappa shape index (κ1) is 16.2. The summed E-state index contributed by atoms with van der Waals surface area (Å²) < 4.78 is 0. The minimum atomic E-state index is -0.740. The van der Waals surface area contributed by atoms with Crippen molar-refractivity contribution in [3.63, 3.8) is 0 Å². The third-order valence-electron chi connectivity index (χ3n) is 3.79. The molecule has 0 fully saturated rings. The molecule has 2 amide bonds. The Morgan fingerprint density at radius 3 is 2.25 bits per heavy atom. The molecule has 0 atom stereocenters. The van der Waals surface area contributed by atoms with Gasteiger partial charge in [-0.2, -0.15) is 0 Å². The number of nitrogens with one attached hydrogen (secondary N) is 2. The smallest absolute Gasteiger partial charge is 0.251 e. The molecule has 0 aliphatic heterocycles. The van der Waals surface area contributed by atoms with Crippen LogP contribution < -0.4 is 16.4 Å². The van der Waals surface area contributed by atoms with Gasteiger partial charge >= 0.3 is 0 Å². The second kappa shape index (κ2) is 5.63. The van der Waals surface area contributed by atoms with Gasteiger partial charge in [-0.15, -0.1) is 0 Å². The van der Waals surface area contributed by atoms with Crippen LogP contribution in [0.5, 0.6) is 0 Å². The maximum absolute atomic E-state index is 12.3. The van der Waals surface area contributed by atoms with Crippen molar-refractivity contribution in [2.24, 2.45) is 11.1 Å². The van der Waals surface area contributed by atoms with Gasteiger partial charge in [0.15, 0.2) is 0 Å². The van der Waals surface area contributed by atoms with Crippen molar-refractivity contribution in [1.29, 1.82) is 0 Å². The summed E-state index contributed by atoms with van der Waals surface area (Å²) in [6, 6.07) is 6.79. The van der Waals surface area contributed by atoms with Gasteiger partial charge in [-0.05, 0) is 45.9 Å². The highest BCUT2D eigenvalue weighted by molar-refractivity contribution is 5.98. The normalized spacial score (nSPS) is 11.9. The van der Waals surface area contributed by atoms with Crippen LogP contribution in [0.3, 0.4) is 0 Å². The fourth-order valence-electron chi connectivity index (χ4n) is 1.46. The first-order valence-electron chi connectivity index (χ1n) is 6.52. The molecule has 0 saturated heterocycles. The minimum Gasteiger partial charge on any atom is -0.355 e. The van der Waals surface area contributed by atoms with E-state index < -0.39 is 11.0 Å². The lowest BCUT2D eigenvalue weighted by atomic mass is 9.74. The summed E-state index contributed by atoms with van der Waals surface area (Å²) >= 11 is 0. The molecule has 5 heteroatoms. The van der Waals surface area contributed by atoms with Crippen molar-refractivity contribution in [2.45, 2.75) is 33.2 Å². The highest BCUT2D eigenvalue weighted by atomic mass is 16.2. The SMILES string of the molecule is CNC(=O)c1cccc(NC(=O)C(C)(C)C(C)(C)N)c1. The first-order valence-corrected chi connectivity index (χ1v) is 6.52. The van der Waals surface area contributed by atoms with E-state index in [0.29, 0.717) is 11.3 Å². The predicted octanol–water partition coefficient (Wildman–Crippen LogP) is 1.75. The Hall–Kier alpha value is -1.88. The standard InChI is InChI=1S/C15H23N3O2/c1-14(2,15(3,4)16)13(20)18-11-8-6-7-10(9-11)12(19)17-5/h6-9H,16H2,1-5H3,(H,17,19)(H,18,20). The van der Waals surface area contributed by atoms with Gasteiger partial charge < -0.3 is 16.4 Å². The molecule has 1 aromatic carbocycles. The summed E-state index contributed by atoms with van der Waals surface area (Å²) in [5.74, 6) is -0.376. The molecule has 1 aromatic rings. The molecule has 0 radical (unpaired) electrons. The van der Waals surface area contributed by atoms with Crippen LogP contribution in [0, 0.1) is 5.41 Å². The number of amides is 2. The highest BCUT2D eigenvalue weighted by Gasteiger charge is 2.40. The lowest BCUT2D eigenvalue weighted by molar-refractivity contribution is -0.126. The lowest BCUT2D eigenvalue weighted by Gasteiger charge is -2.36. The largest absolute Gasteiger partial charge is 0.355 e. The van der Waals surface area contributed by atoms with Gasteiger partial charge in [0.2, 0.25) is 5.91 Å². The van der Waals surface area contributed by atoms with Crippen LogP contribution in [0.25, 0.3) is 0 Å². The summed E-state index contributed by atoms with van der Waals surface area (Å²) in [6.45, 7) is 7.22. The summed E-state index contributed by atoms with van der Waals surface area (Å²) in [6.07, 6.45) is 0. The van der Waals surface area contributed by atoms with E-state index in [9.17, 15) is 9.59 Å². The molecule has 0 aromatic heterocycles. The second-order valence-electron chi connectivity index (χ2n) is 5.96. The molecule has 0 spiro atoms. The Balaban J connectivity index is 2.95. The van der Waals surface area contributed by atoms with E-state index in [1.807, 2.05) is 13.8 Å². The van der Waals surface area contributed by atoms with Crippen LogP contribution in [0.15, 0.2) is 24.3 Å². The minimum absolute atomic E-state index is 0.181. The van der Waals surface area contributed by atoms with E-state index in [2.05, 4.69) is 10.6 Å². The van der Waals surface area contributed by atoms with Crippen LogP contribution >= 0.6 is 0 Å². The number of nitrogens with two attached hydrogens (primary N) is 1. The first-order chi connectivity index (χ1) is 9.09. The number of rotatable bonds is 4. The molecule has 5 nitrogen and oxygen atoms in total. The Labute approximate surface area is 119 Å². The number of benzene rings is 1. The molecule has 0 aliphatic rings. The fourth-order valence-corrected chi connectivity index (χ4v) is 1.46. The van der Waals surface area contributed by atoms with Crippen molar-refractivity contribution in [1.82, 2.24) is 5.32 Å². The van der Waals surface area contributed by atoms with Gasteiger partial charge in [0.05, 0.1) is 5.41 Å². The molecule has 0 unspecified atom stereocenters. The zero-order chi connectivity index (χ0) is 15.6. The number of anilines is 1. The van der Waals surface area contributed by atoms with E-state index >= 15 is 0 Å². The Bertz CT molecular complexity index is 516. The number of hydrogen-bond acceptors (Lipinski definition) is 3. The maximum atomic E-state index is 12.3. The van der Waals surface area contributed by atoms with Gasteiger partial charge in [-0.25, -0.2) is 0 Å². The number of carbonyl (C=O) groups excluding carboxylic acids is 2. The van der Waals surface area contributed by atoms with Gasteiger partial charge in [0.1, 0.15) is 0 Å². The second-order valence-corrected chi connectivity index (χ2v) is 5.96. The van der Waals surface area contributed by atoms with Crippen LogP contribution in [0.2, 0.25) is 0 Å². The van der Waals surface area contributed by atoms with Crippen molar-refractivity contribution in [3.8, 4) is 0 Å². The third-order valence-corrected chi connectivity index (χ3v) is 3.79. The number of carbonyl (C=O) groups is 2. The Morgan fingerprint density at radius 1 is 1.15 bits per heavy atom.